The Hall–Kier alpha value is -2.24. The van der Waals surface area contributed by atoms with Crippen molar-refractivity contribution >= 4 is 45.5 Å². The van der Waals surface area contributed by atoms with Gasteiger partial charge in [-0.2, -0.15) is 0 Å². The van der Waals surface area contributed by atoms with Crippen molar-refractivity contribution in [2.45, 2.75) is 63.3 Å². The summed E-state index contributed by atoms with van der Waals surface area (Å²) in [6.07, 6.45) is -4.28. The largest absolute Gasteiger partial charge is 0.463 e. The number of carbonyl (C=O) groups excluding carboxylic acids is 4. The molecule has 0 aliphatic carbocycles. The molecule has 0 aromatic heterocycles. The second-order valence-electron chi connectivity index (χ2n) is 6.91. The molecule has 1 aliphatic rings. The maximum Gasteiger partial charge on any atom is 0.303 e. The van der Waals surface area contributed by atoms with E-state index in [4.69, 9.17) is 23.7 Å². The third-order valence-electron chi connectivity index (χ3n) is 4.18. The third-order valence-corrected chi connectivity index (χ3v) is 6.67. The minimum atomic E-state index is -1.15. The first-order valence-corrected chi connectivity index (χ1v) is 12.2. The number of benzene rings is 1. The Morgan fingerprint density at radius 3 is 1.94 bits per heavy atom. The third kappa shape index (κ3) is 8.36. The maximum absolute atomic E-state index is 11.8. The van der Waals surface area contributed by atoms with Crippen molar-refractivity contribution in [3.63, 3.8) is 0 Å². The van der Waals surface area contributed by atoms with E-state index in [0.717, 1.165) is 5.56 Å². The van der Waals surface area contributed by atoms with E-state index in [9.17, 15) is 19.2 Å². The monoisotopic (exact) mass is 486 g/mol. The molecule has 5 atom stereocenters. The predicted molar refractivity (Wildman–Crippen MR) is 117 cm³/mol. The van der Waals surface area contributed by atoms with Gasteiger partial charge in [0.15, 0.2) is 23.7 Å². The zero-order valence-electron chi connectivity index (χ0n) is 18.2. The Bertz CT molecular complexity index is 802. The van der Waals surface area contributed by atoms with Gasteiger partial charge >= 0.3 is 23.9 Å². The summed E-state index contributed by atoms with van der Waals surface area (Å²) in [5, 5.41) is 0. The number of hydrogen-bond donors (Lipinski definition) is 0. The van der Waals surface area contributed by atoms with Crippen molar-refractivity contribution in [3.8, 4) is 0 Å². The van der Waals surface area contributed by atoms with Gasteiger partial charge < -0.3 is 23.7 Å². The molecule has 1 saturated heterocycles. The summed E-state index contributed by atoms with van der Waals surface area (Å²) < 4.78 is 27.3. The summed E-state index contributed by atoms with van der Waals surface area (Å²) in [4.78, 5) is 46.7. The highest BCUT2D eigenvalue weighted by atomic mass is 33.1. The van der Waals surface area contributed by atoms with Crippen LogP contribution >= 0.6 is 21.6 Å². The van der Waals surface area contributed by atoms with Gasteiger partial charge in [-0.1, -0.05) is 51.9 Å². The molecule has 0 radical (unpaired) electrons. The average molecular weight is 487 g/mol. The molecule has 1 aromatic carbocycles. The second-order valence-corrected chi connectivity index (χ2v) is 9.38. The molecular formula is C21H26O9S2. The van der Waals surface area contributed by atoms with Crippen LogP contribution in [0.25, 0.3) is 0 Å². The van der Waals surface area contributed by atoms with Crippen molar-refractivity contribution in [1.29, 1.82) is 0 Å². The van der Waals surface area contributed by atoms with Gasteiger partial charge in [0.25, 0.3) is 0 Å². The quantitative estimate of drug-likeness (QED) is 0.291. The van der Waals surface area contributed by atoms with Gasteiger partial charge in [-0.05, 0) is 5.56 Å². The smallest absolute Gasteiger partial charge is 0.303 e. The van der Waals surface area contributed by atoms with Crippen LogP contribution in [-0.2, 0) is 48.6 Å². The normalized spacial score (nSPS) is 24.8. The Balaban J connectivity index is 2.28. The molecule has 0 amide bonds. The lowest BCUT2D eigenvalue weighted by molar-refractivity contribution is -0.237. The van der Waals surface area contributed by atoms with Crippen LogP contribution in [0.15, 0.2) is 30.3 Å². The molecular weight excluding hydrogens is 460 g/mol. The highest BCUT2D eigenvalue weighted by Crippen LogP contribution is 2.40. The average Bonchev–Trinajstić information content (AvgIpc) is 2.70. The second kappa shape index (κ2) is 12.7. The lowest BCUT2D eigenvalue weighted by Crippen LogP contribution is -2.61. The Labute approximate surface area is 194 Å². The lowest BCUT2D eigenvalue weighted by atomic mass is 9.99. The Kier molecular flexibility index (Phi) is 10.3. The van der Waals surface area contributed by atoms with Gasteiger partial charge in [0.1, 0.15) is 12.7 Å². The van der Waals surface area contributed by atoms with Crippen LogP contribution in [0.1, 0.15) is 33.3 Å². The molecule has 11 heteroatoms. The van der Waals surface area contributed by atoms with Gasteiger partial charge in [0.2, 0.25) is 0 Å². The first kappa shape index (κ1) is 26.0. The van der Waals surface area contributed by atoms with Gasteiger partial charge in [-0.15, -0.1) is 0 Å². The van der Waals surface area contributed by atoms with Gasteiger partial charge in [0, 0.05) is 33.4 Å². The molecule has 32 heavy (non-hydrogen) atoms. The summed E-state index contributed by atoms with van der Waals surface area (Å²) in [5.74, 6) is -1.84. The molecule has 0 N–H and O–H groups in total. The molecule has 1 fully saturated rings. The van der Waals surface area contributed by atoms with Gasteiger partial charge in [-0.3, -0.25) is 19.2 Å². The summed E-state index contributed by atoms with van der Waals surface area (Å²) >= 11 is 0. The topological polar surface area (TPSA) is 114 Å². The van der Waals surface area contributed by atoms with E-state index < -0.39 is 53.7 Å². The lowest BCUT2D eigenvalue weighted by Gasteiger charge is -2.43. The Morgan fingerprint density at radius 1 is 0.812 bits per heavy atom. The van der Waals surface area contributed by atoms with Crippen molar-refractivity contribution in [2.75, 3.05) is 6.61 Å². The minimum absolute atomic E-state index is 0.238. The SMILES string of the molecule is CC(=O)OC[C@H]1O[C@@H](SSCc2ccccc2)[C@H](OC(C)=O)[C@@H](OC(C)=O)[C@@H]1OC(C)=O. The zero-order valence-corrected chi connectivity index (χ0v) is 19.8. The van der Waals surface area contributed by atoms with Crippen LogP contribution in [0.3, 0.4) is 0 Å². The first-order chi connectivity index (χ1) is 15.2. The molecule has 0 unspecified atom stereocenters. The van der Waals surface area contributed by atoms with Crippen LogP contribution in [0.4, 0.5) is 0 Å². The summed E-state index contributed by atoms with van der Waals surface area (Å²) in [6.45, 7) is 4.59. The number of ether oxygens (including phenoxy) is 5. The van der Waals surface area contributed by atoms with Crippen LogP contribution in [0.5, 0.6) is 0 Å². The highest BCUT2D eigenvalue weighted by molar-refractivity contribution is 8.76. The van der Waals surface area contributed by atoms with Crippen LogP contribution in [0, 0.1) is 0 Å². The molecule has 1 heterocycles. The summed E-state index contributed by atoms with van der Waals surface area (Å²) in [7, 11) is 2.73. The molecule has 0 saturated carbocycles. The molecule has 176 valence electrons. The van der Waals surface area contributed by atoms with Crippen molar-refractivity contribution in [1.82, 2.24) is 0 Å². The maximum atomic E-state index is 11.8. The molecule has 0 bridgehead atoms. The van der Waals surface area contributed by atoms with Crippen LogP contribution in [-0.4, -0.2) is 60.3 Å². The molecule has 1 aromatic rings. The Morgan fingerprint density at radius 2 is 1.38 bits per heavy atom. The molecule has 0 spiro atoms. The zero-order chi connectivity index (χ0) is 23.7. The van der Waals surface area contributed by atoms with Crippen molar-refractivity contribution in [2.24, 2.45) is 0 Å². The van der Waals surface area contributed by atoms with E-state index in [2.05, 4.69) is 0 Å². The van der Waals surface area contributed by atoms with E-state index in [-0.39, 0.29) is 6.61 Å². The van der Waals surface area contributed by atoms with Gasteiger partial charge in [-0.25, -0.2) is 0 Å². The van der Waals surface area contributed by atoms with Crippen molar-refractivity contribution in [3.05, 3.63) is 35.9 Å². The standard InChI is InChI=1S/C21H26O9S2/c1-12(22)26-10-17-18(27-13(2)23)19(28-14(3)24)20(29-15(4)25)21(30-17)32-31-11-16-8-6-5-7-9-16/h5-9,17-21H,10-11H2,1-4H3/t17-,18-,19+,20-,21+/m1/s1. The molecule has 2 rings (SSSR count). The van der Waals surface area contributed by atoms with E-state index in [1.54, 1.807) is 0 Å². The fourth-order valence-electron chi connectivity index (χ4n) is 3.01. The van der Waals surface area contributed by atoms with Crippen LogP contribution < -0.4 is 0 Å². The first-order valence-electron chi connectivity index (χ1n) is 9.80. The van der Waals surface area contributed by atoms with Gasteiger partial charge in [0.05, 0.1) is 0 Å². The van der Waals surface area contributed by atoms with Crippen molar-refractivity contribution < 1.29 is 42.9 Å². The number of hydrogen-bond acceptors (Lipinski definition) is 11. The fourth-order valence-corrected chi connectivity index (χ4v) is 5.53. The fraction of sp³-hybridized carbons (Fsp3) is 0.524. The number of carbonyl (C=O) groups is 4. The number of esters is 4. The van der Waals surface area contributed by atoms with E-state index in [1.807, 2.05) is 30.3 Å². The van der Waals surface area contributed by atoms with E-state index in [1.165, 1.54) is 49.3 Å². The highest BCUT2D eigenvalue weighted by Gasteiger charge is 2.52. The predicted octanol–water partition coefficient (Wildman–Crippen LogP) is 2.65. The van der Waals surface area contributed by atoms with Crippen LogP contribution in [0.2, 0.25) is 0 Å². The molecule has 9 nitrogen and oxygen atoms in total. The molecule has 1 aliphatic heterocycles. The minimum Gasteiger partial charge on any atom is -0.463 e. The number of rotatable bonds is 9. The van der Waals surface area contributed by atoms with E-state index in [0.29, 0.717) is 5.75 Å². The summed E-state index contributed by atoms with van der Waals surface area (Å²) in [5.41, 5.74) is 0.292. The summed E-state index contributed by atoms with van der Waals surface area (Å²) in [6, 6.07) is 9.71. The van der Waals surface area contributed by atoms with E-state index >= 15 is 0 Å².